The topological polar surface area (TPSA) is 59.8 Å². The second-order valence-electron chi connectivity index (χ2n) is 7.61. The molecule has 0 bridgehead atoms. The number of nitrogens with zero attached hydrogens (tertiary/aromatic N) is 3. The van der Waals surface area contributed by atoms with E-state index in [1.807, 2.05) is 41.8 Å². The summed E-state index contributed by atoms with van der Waals surface area (Å²) in [4.78, 5) is 12.7. The van der Waals surface area contributed by atoms with Gasteiger partial charge in [-0.3, -0.25) is 9.36 Å². The number of halogens is 1. The van der Waals surface area contributed by atoms with Gasteiger partial charge in [-0.25, -0.2) is 4.39 Å². The second-order valence-corrected chi connectivity index (χ2v) is 8.92. The maximum Gasteiger partial charge on any atom is 0.233 e. The Labute approximate surface area is 180 Å². The molecule has 1 aliphatic carbocycles. The van der Waals surface area contributed by atoms with E-state index in [0.717, 1.165) is 18.4 Å². The van der Waals surface area contributed by atoms with Crippen LogP contribution in [0.25, 0.3) is 11.4 Å². The lowest BCUT2D eigenvalue weighted by atomic mass is 10.2. The number of nitrogens with one attached hydrogen (secondary N) is 1. The molecular weight excluding hydrogens is 399 g/mol. The van der Waals surface area contributed by atoms with Gasteiger partial charge in [0.25, 0.3) is 0 Å². The number of benzene rings is 2. The van der Waals surface area contributed by atoms with E-state index in [1.165, 1.54) is 30.7 Å². The molecular formula is C23H25FN4OS. The third-order valence-electron chi connectivity index (χ3n) is 5.37. The molecule has 2 aromatic carbocycles. The van der Waals surface area contributed by atoms with Crippen molar-refractivity contribution in [3.05, 3.63) is 66.0 Å². The number of carbonyl (C=O) groups excluding carboxylic acids is 1. The third kappa shape index (κ3) is 4.73. The molecule has 0 spiro atoms. The molecule has 3 aromatic rings. The van der Waals surface area contributed by atoms with E-state index in [1.54, 1.807) is 18.2 Å². The van der Waals surface area contributed by atoms with Crippen molar-refractivity contribution >= 4 is 17.7 Å². The first kappa shape index (κ1) is 20.6. The number of aromatic nitrogens is 3. The highest BCUT2D eigenvalue weighted by atomic mass is 32.2. The average molecular weight is 425 g/mol. The maximum atomic E-state index is 14.5. The van der Waals surface area contributed by atoms with E-state index in [-0.39, 0.29) is 23.0 Å². The summed E-state index contributed by atoms with van der Waals surface area (Å²) < 4.78 is 16.4. The molecule has 0 saturated heterocycles. The van der Waals surface area contributed by atoms with Crippen molar-refractivity contribution in [2.45, 2.75) is 55.6 Å². The fourth-order valence-corrected chi connectivity index (χ4v) is 4.58. The lowest BCUT2D eigenvalue weighted by Gasteiger charge is -2.17. The zero-order valence-corrected chi connectivity index (χ0v) is 17.7. The first-order chi connectivity index (χ1) is 14.6. The van der Waals surface area contributed by atoms with Crippen molar-refractivity contribution in [3.63, 3.8) is 0 Å². The quantitative estimate of drug-likeness (QED) is 0.560. The van der Waals surface area contributed by atoms with E-state index in [9.17, 15) is 9.18 Å². The summed E-state index contributed by atoms with van der Waals surface area (Å²) in [6, 6.07) is 16.7. The van der Waals surface area contributed by atoms with Crippen molar-refractivity contribution in [3.8, 4) is 11.4 Å². The van der Waals surface area contributed by atoms with E-state index >= 15 is 0 Å². The normalized spacial score (nSPS) is 15.3. The number of carbonyl (C=O) groups is 1. The van der Waals surface area contributed by atoms with Gasteiger partial charge in [0.1, 0.15) is 5.82 Å². The molecule has 1 aliphatic rings. The molecule has 1 atom stereocenters. The van der Waals surface area contributed by atoms with Crippen LogP contribution in [0.3, 0.4) is 0 Å². The molecule has 1 saturated carbocycles. The molecule has 5 nitrogen and oxygen atoms in total. The molecule has 7 heteroatoms. The van der Waals surface area contributed by atoms with Crippen LogP contribution >= 0.6 is 11.8 Å². The van der Waals surface area contributed by atoms with Crippen LogP contribution in [0.4, 0.5) is 4.39 Å². The van der Waals surface area contributed by atoms with Gasteiger partial charge >= 0.3 is 0 Å². The van der Waals surface area contributed by atoms with E-state index < -0.39 is 0 Å². The van der Waals surface area contributed by atoms with Crippen molar-refractivity contribution < 1.29 is 9.18 Å². The van der Waals surface area contributed by atoms with Crippen LogP contribution in [0.5, 0.6) is 0 Å². The summed E-state index contributed by atoms with van der Waals surface area (Å²) in [5, 5.41) is 12.0. The Balaban J connectivity index is 1.60. The van der Waals surface area contributed by atoms with E-state index in [0.29, 0.717) is 23.1 Å². The first-order valence-corrected chi connectivity index (χ1v) is 11.2. The summed E-state index contributed by atoms with van der Waals surface area (Å²) >= 11 is 1.36. The zero-order chi connectivity index (χ0) is 20.9. The van der Waals surface area contributed by atoms with Gasteiger partial charge in [-0.1, -0.05) is 67.1 Å². The molecule has 0 aliphatic heterocycles. The lowest BCUT2D eigenvalue weighted by Crippen LogP contribution is -2.37. The van der Waals surface area contributed by atoms with Crippen LogP contribution in [0, 0.1) is 5.82 Å². The smallest absolute Gasteiger partial charge is 0.233 e. The summed E-state index contributed by atoms with van der Waals surface area (Å²) in [5.74, 6) is 0.124. The number of hydrogen-bond acceptors (Lipinski definition) is 4. The highest BCUT2D eigenvalue weighted by Gasteiger charge is 2.24. The highest BCUT2D eigenvalue weighted by molar-refractivity contribution is 8.00. The van der Waals surface area contributed by atoms with Crippen LogP contribution in [-0.2, 0) is 11.3 Å². The molecule has 1 heterocycles. The van der Waals surface area contributed by atoms with Gasteiger partial charge in [0.15, 0.2) is 11.0 Å². The predicted molar refractivity (Wildman–Crippen MR) is 117 cm³/mol. The fraction of sp³-hybridized carbons (Fsp3) is 0.348. The second kappa shape index (κ2) is 9.43. The van der Waals surface area contributed by atoms with Crippen LogP contribution in [-0.4, -0.2) is 32.0 Å². The minimum atomic E-state index is -0.345. The highest BCUT2D eigenvalue weighted by Crippen LogP contribution is 2.29. The SMILES string of the molecule is CC(Sc1nnc(-c2ccccc2F)n1Cc1ccccc1)C(=O)NC1CCCC1. The molecule has 1 amide bonds. The molecule has 0 radical (unpaired) electrons. The van der Waals surface area contributed by atoms with Crippen molar-refractivity contribution in [1.29, 1.82) is 0 Å². The lowest BCUT2D eigenvalue weighted by molar-refractivity contribution is -0.120. The summed E-state index contributed by atoms with van der Waals surface area (Å²) in [7, 11) is 0. The largest absolute Gasteiger partial charge is 0.352 e. The van der Waals surface area contributed by atoms with Crippen LogP contribution in [0.2, 0.25) is 0 Å². The fourth-order valence-electron chi connectivity index (χ4n) is 3.73. The van der Waals surface area contributed by atoms with Gasteiger partial charge in [0, 0.05) is 6.04 Å². The van der Waals surface area contributed by atoms with Gasteiger partial charge in [0.05, 0.1) is 17.4 Å². The van der Waals surface area contributed by atoms with Crippen LogP contribution in [0.1, 0.15) is 38.2 Å². The van der Waals surface area contributed by atoms with E-state index in [4.69, 9.17) is 0 Å². The minimum Gasteiger partial charge on any atom is -0.352 e. The van der Waals surface area contributed by atoms with Gasteiger partial charge < -0.3 is 5.32 Å². The van der Waals surface area contributed by atoms with Crippen molar-refractivity contribution in [2.24, 2.45) is 0 Å². The molecule has 1 fully saturated rings. The molecule has 30 heavy (non-hydrogen) atoms. The zero-order valence-electron chi connectivity index (χ0n) is 16.9. The number of thioether (sulfide) groups is 1. The van der Waals surface area contributed by atoms with Crippen LogP contribution in [0.15, 0.2) is 59.8 Å². The molecule has 1 aromatic heterocycles. The Morgan fingerprint density at radius 3 is 2.57 bits per heavy atom. The van der Waals surface area contributed by atoms with Gasteiger partial charge in [0.2, 0.25) is 5.91 Å². The van der Waals surface area contributed by atoms with Gasteiger partial charge in [-0.15, -0.1) is 10.2 Å². The Hall–Kier alpha value is -2.67. The Morgan fingerprint density at radius 1 is 1.13 bits per heavy atom. The third-order valence-corrected chi connectivity index (χ3v) is 6.45. The number of rotatable bonds is 7. The molecule has 4 rings (SSSR count). The van der Waals surface area contributed by atoms with Gasteiger partial charge in [-0.05, 0) is 37.5 Å². The maximum absolute atomic E-state index is 14.5. The Morgan fingerprint density at radius 2 is 1.83 bits per heavy atom. The summed E-state index contributed by atoms with van der Waals surface area (Å²) in [6.45, 7) is 2.37. The molecule has 1 N–H and O–H groups in total. The van der Waals surface area contributed by atoms with E-state index in [2.05, 4.69) is 15.5 Å². The Bertz CT molecular complexity index is 1000. The number of amides is 1. The van der Waals surface area contributed by atoms with Crippen LogP contribution < -0.4 is 5.32 Å². The van der Waals surface area contributed by atoms with Gasteiger partial charge in [-0.2, -0.15) is 0 Å². The Kier molecular flexibility index (Phi) is 6.47. The molecule has 1 unspecified atom stereocenters. The molecule has 156 valence electrons. The standard InChI is InChI=1S/C23H25FN4OS/c1-16(22(29)25-18-11-5-6-12-18)30-23-27-26-21(19-13-7-8-14-20(19)24)28(23)15-17-9-3-2-4-10-17/h2-4,7-10,13-14,16,18H,5-6,11-12,15H2,1H3,(H,25,29). The number of hydrogen-bond donors (Lipinski definition) is 1. The summed E-state index contributed by atoms with van der Waals surface area (Å²) in [5.41, 5.74) is 1.45. The minimum absolute atomic E-state index is 0.00797. The first-order valence-electron chi connectivity index (χ1n) is 10.3. The summed E-state index contributed by atoms with van der Waals surface area (Å²) in [6.07, 6.45) is 4.43. The van der Waals surface area contributed by atoms with Crippen molar-refractivity contribution in [2.75, 3.05) is 0 Å². The average Bonchev–Trinajstić information content (AvgIpc) is 3.40. The monoisotopic (exact) mass is 424 g/mol. The predicted octanol–water partition coefficient (Wildman–Crippen LogP) is 4.67. The van der Waals surface area contributed by atoms with Crippen molar-refractivity contribution in [1.82, 2.24) is 20.1 Å².